The molecule has 1 aliphatic heterocycles. The van der Waals surface area contributed by atoms with Crippen LogP contribution in [0, 0.1) is 0 Å². The van der Waals surface area contributed by atoms with Crippen LogP contribution < -0.4 is 27.2 Å². The van der Waals surface area contributed by atoms with E-state index in [0.29, 0.717) is 6.42 Å². The van der Waals surface area contributed by atoms with Gasteiger partial charge in [-0.25, -0.2) is 5.43 Å². The van der Waals surface area contributed by atoms with Gasteiger partial charge in [-0.3, -0.25) is 25.0 Å². The van der Waals surface area contributed by atoms with Crippen molar-refractivity contribution in [1.29, 1.82) is 0 Å². The third-order valence-corrected chi connectivity index (χ3v) is 5.13. The zero-order valence-electron chi connectivity index (χ0n) is 18.1. The highest BCUT2D eigenvalue weighted by atomic mass is 16.3. The number of hydrazine groups is 1. The van der Waals surface area contributed by atoms with Gasteiger partial charge in [-0.2, -0.15) is 0 Å². The van der Waals surface area contributed by atoms with E-state index >= 15 is 0 Å². The number of nitrogens with two attached hydrogens (primary N) is 1. The van der Waals surface area contributed by atoms with Gasteiger partial charge in [0.1, 0.15) is 36.5 Å². The molecule has 15 nitrogen and oxygen atoms in total. The first kappa shape index (κ1) is 28.3. The van der Waals surface area contributed by atoms with Gasteiger partial charge in [-0.15, -0.1) is 0 Å². The molecule has 0 aromatic rings. The fraction of sp³-hybridized carbons (Fsp3) is 0.722. The van der Waals surface area contributed by atoms with Gasteiger partial charge in [-0.05, 0) is 19.8 Å². The molecule has 0 saturated carbocycles. The van der Waals surface area contributed by atoms with Crippen molar-refractivity contribution in [3.8, 4) is 0 Å². The molecule has 0 aromatic heterocycles. The summed E-state index contributed by atoms with van der Waals surface area (Å²) in [6.07, 6.45) is -0.181. The summed E-state index contributed by atoms with van der Waals surface area (Å²) in [4.78, 5) is 61.9. The number of hydrogen-bond donors (Lipinski definition) is 9. The summed E-state index contributed by atoms with van der Waals surface area (Å²) in [5.41, 5.74) is 2.15. The van der Waals surface area contributed by atoms with Crippen LogP contribution in [0.5, 0.6) is 0 Å². The smallest absolute Gasteiger partial charge is 0.245 e. The van der Waals surface area contributed by atoms with E-state index in [9.17, 15) is 44.4 Å². The lowest BCUT2D eigenvalue weighted by molar-refractivity contribution is -0.142. The van der Waals surface area contributed by atoms with Crippen LogP contribution >= 0.6 is 0 Å². The quantitative estimate of drug-likeness (QED) is 0.0687. The van der Waals surface area contributed by atoms with Crippen LogP contribution in [0.25, 0.3) is 0 Å². The predicted molar refractivity (Wildman–Crippen MR) is 111 cm³/mol. The van der Waals surface area contributed by atoms with Gasteiger partial charge in [0.25, 0.3) is 0 Å². The number of likely N-dealkylation sites (tertiary alicyclic amines) is 1. The number of aliphatic hydroxyl groups is 4. The van der Waals surface area contributed by atoms with Gasteiger partial charge < -0.3 is 46.1 Å². The maximum absolute atomic E-state index is 12.7. The molecule has 33 heavy (non-hydrogen) atoms. The molecule has 4 amide bonds. The van der Waals surface area contributed by atoms with Crippen LogP contribution in [-0.2, 0) is 24.0 Å². The fourth-order valence-corrected chi connectivity index (χ4v) is 3.17. The Balaban J connectivity index is 2.80. The van der Waals surface area contributed by atoms with Crippen molar-refractivity contribution in [3.63, 3.8) is 0 Å². The Morgan fingerprint density at radius 1 is 1.00 bits per heavy atom. The van der Waals surface area contributed by atoms with Crippen LogP contribution in [0.3, 0.4) is 0 Å². The summed E-state index contributed by atoms with van der Waals surface area (Å²) in [6, 6.07) is -6.41. The Kier molecular flexibility index (Phi) is 11.8. The Hall–Kier alpha value is -2.69. The largest absolute Gasteiger partial charge is 0.394 e. The van der Waals surface area contributed by atoms with E-state index in [1.54, 1.807) is 0 Å². The predicted octanol–water partition coefficient (Wildman–Crippen LogP) is -6.18. The van der Waals surface area contributed by atoms with Gasteiger partial charge in [0.05, 0.1) is 25.9 Å². The van der Waals surface area contributed by atoms with Crippen molar-refractivity contribution in [1.82, 2.24) is 26.3 Å². The van der Waals surface area contributed by atoms with Crippen molar-refractivity contribution >= 4 is 29.9 Å². The summed E-state index contributed by atoms with van der Waals surface area (Å²) in [5, 5.41) is 44.2. The minimum Gasteiger partial charge on any atom is -0.394 e. The Labute approximate surface area is 189 Å². The molecular formula is C18H32N6O9. The van der Waals surface area contributed by atoms with E-state index < -0.39 is 79.8 Å². The van der Waals surface area contributed by atoms with Crippen LogP contribution in [-0.4, -0.2) is 118 Å². The van der Waals surface area contributed by atoms with Crippen LogP contribution in [0.2, 0.25) is 0 Å². The highest BCUT2D eigenvalue weighted by Gasteiger charge is 2.38. The maximum atomic E-state index is 12.7. The zero-order chi connectivity index (χ0) is 25.1. The molecule has 0 aromatic carbocycles. The average molecular weight is 476 g/mol. The Morgan fingerprint density at radius 3 is 2.03 bits per heavy atom. The van der Waals surface area contributed by atoms with Crippen LogP contribution in [0.4, 0.5) is 0 Å². The van der Waals surface area contributed by atoms with E-state index in [1.165, 1.54) is 11.8 Å². The van der Waals surface area contributed by atoms with E-state index in [2.05, 4.69) is 21.4 Å². The van der Waals surface area contributed by atoms with E-state index in [-0.39, 0.29) is 19.3 Å². The molecule has 1 saturated heterocycles. The molecule has 0 radical (unpaired) electrons. The second-order valence-corrected chi connectivity index (χ2v) is 7.49. The van der Waals surface area contributed by atoms with Crippen molar-refractivity contribution < 1.29 is 44.4 Å². The van der Waals surface area contributed by atoms with E-state index in [1.807, 2.05) is 0 Å². The SMILES string of the molecule is C[C@@H](O)[C@@H](C=O)NC(=O)[C@H](CO)NC(=O)C(CO)NC(=O)[C@@H]1CCCN1C(=O)[C@H](CO)NN. The van der Waals surface area contributed by atoms with Crippen molar-refractivity contribution in [3.05, 3.63) is 0 Å². The lowest BCUT2D eigenvalue weighted by Crippen LogP contribution is -2.60. The minimum absolute atomic E-state index is 0.221. The number of carbonyl (C=O) groups excluding carboxylic acids is 5. The molecule has 0 aliphatic carbocycles. The fourth-order valence-electron chi connectivity index (χ4n) is 3.17. The average Bonchev–Trinajstić information content (AvgIpc) is 3.29. The second kappa shape index (κ2) is 13.8. The molecule has 15 heteroatoms. The second-order valence-electron chi connectivity index (χ2n) is 7.49. The van der Waals surface area contributed by atoms with Gasteiger partial charge >= 0.3 is 0 Å². The van der Waals surface area contributed by atoms with Crippen molar-refractivity contribution in [2.75, 3.05) is 26.4 Å². The van der Waals surface area contributed by atoms with Gasteiger partial charge in [0.2, 0.25) is 23.6 Å². The van der Waals surface area contributed by atoms with Gasteiger partial charge in [0.15, 0.2) is 0 Å². The number of nitrogens with zero attached hydrogens (tertiary/aromatic N) is 1. The van der Waals surface area contributed by atoms with Gasteiger partial charge in [-0.1, -0.05) is 0 Å². The van der Waals surface area contributed by atoms with Crippen LogP contribution in [0.15, 0.2) is 0 Å². The first-order chi connectivity index (χ1) is 15.6. The molecule has 1 aliphatic rings. The molecule has 1 unspecified atom stereocenters. The molecule has 6 atom stereocenters. The lowest BCUT2D eigenvalue weighted by atomic mass is 10.1. The molecule has 1 fully saturated rings. The number of nitrogens with one attached hydrogen (secondary N) is 4. The first-order valence-electron chi connectivity index (χ1n) is 10.3. The molecule has 0 spiro atoms. The molecule has 188 valence electrons. The number of amides is 4. The monoisotopic (exact) mass is 476 g/mol. The number of rotatable bonds is 13. The first-order valence-corrected chi connectivity index (χ1v) is 10.3. The normalized spacial score (nSPS) is 20.2. The Morgan fingerprint density at radius 2 is 1.55 bits per heavy atom. The van der Waals surface area contributed by atoms with Crippen molar-refractivity contribution in [2.24, 2.45) is 5.84 Å². The maximum Gasteiger partial charge on any atom is 0.245 e. The third-order valence-electron chi connectivity index (χ3n) is 5.13. The molecule has 10 N–H and O–H groups in total. The van der Waals surface area contributed by atoms with Crippen molar-refractivity contribution in [2.45, 2.75) is 56.1 Å². The summed E-state index contributed by atoms with van der Waals surface area (Å²) in [5.74, 6) is 1.89. The van der Waals surface area contributed by atoms with E-state index in [4.69, 9.17) is 5.84 Å². The number of carbonyl (C=O) groups is 5. The van der Waals surface area contributed by atoms with Gasteiger partial charge in [0, 0.05) is 6.54 Å². The number of hydrogen-bond acceptors (Lipinski definition) is 11. The zero-order valence-corrected chi connectivity index (χ0v) is 18.1. The summed E-state index contributed by atoms with van der Waals surface area (Å²) >= 11 is 0. The molecular weight excluding hydrogens is 444 g/mol. The molecule has 1 heterocycles. The summed E-state index contributed by atoms with van der Waals surface area (Å²) < 4.78 is 0. The molecule has 1 rings (SSSR count). The lowest BCUT2D eigenvalue weighted by Gasteiger charge is -2.28. The topological polar surface area (TPSA) is 244 Å². The van der Waals surface area contributed by atoms with Crippen LogP contribution in [0.1, 0.15) is 19.8 Å². The van der Waals surface area contributed by atoms with E-state index in [0.717, 1.165) is 0 Å². The minimum atomic E-state index is -1.53. The summed E-state index contributed by atoms with van der Waals surface area (Å²) in [7, 11) is 0. The molecule has 0 bridgehead atoms. The number of aliphatic hydroxyl groups excluding tert-OH is 4. The summed E-state index contributed by atoms with van der Waals surface area (Å²) in [6.45, 7) is -0.834. The highest BCUT2D eigenvalue weighted by molar-refractivity contribution is 5.95. The third kappa shape index (κ3) is 7.69. The Bertz CT molecular complexity index is 703. The standard InChI is InChI=1S/C18H32N6O9/c1-9(29)10(5-25)20-15(30)11(6-26)21-16(31)12(7-27)22-17(32)14-3-2-4-24(14)18(33)13(8-28)23-19/h5,9-14,23,26-29H,2-4,6-8,19H2,1H3,(H,20,30)(H,21,31)(H,22,32)/t9-,10-,11+,12?,13+,14+/m1/s1. The highest BCUT2D eigenvalue weighted by Crippen LogP contribution is 2.18. The number of aldehydes is 1.